The topological polar surface area (TPSA) is 32.7 Å². The van der Waals surface area contributed by atoms with Crippen molar-refractivity contribution in [2.24, 2.45) is 0 Å². The van der Waals surface area contributed by atoms with Crippen molar-refractivity contribution in [3.63, 3.8) is 0 Å². The summed E-state index contributed by atoms with van der Waals surface area (Å²) in [7, 11) is 0. The summed E-state index contributed by atoms with van der Waals surface area (Å²) < 4.78 is 7.64. The summed E-state index contributed by atoms with van der Waals surface area (Å²) in [5.74, 6) is 0.865. The van der Waals surface area contributed by atoms with E-state index in [1.54, 1.807) is 0 Å². The summed E-state index contributed by atoms with van der Waals surface area (Å²) in [6.07, 6.45) is 4.26. The zero-order chi connectivity index (χ0) is 16.9. The number of aliphatic hydroxyl groups is 1. The second-order valence-electron chi connectivity index (χ2n) is 6.83. The molecule has 2 aliphatic heterocycles. The van der Waals surface area contributed by atoms with E-state index in [1.807, 2.05) is 18.2 Å². The van der Waals surface area contributed by atoms with Gasteiger partial charge in [-0.2, -0.15) is 0 Å². The highest BCUT2D eigenvalue weighted by Gasteiger charge is 2.58. The van der Waals surface area contributed by atoms with Crippen molar-refractivity contribution in [1.82, 2.24) is 0 Å². The quantitative estimate of drug-likeness (QED) is 0.834. The third-order valence-electron chi connectivity index (χ3n) is 5.21. The van der Waals surface area contributed by atoms with Gasteiger partial charge in [-0.3, -0.25) is 0 Å². The zero-order valence-corrected chi connectivity index (χ0v) is 15.4. The maximum Gasteiger partial charge on any atom is 0.212 e. The van der Waals surface area contributed by atoms with Gasteiger partial charge in [-0.25, -0.2) is 0 Å². The van der Waals surface area contributed by atoms with Gasteiger partial charge in [0.2, 0.25) is 5.72 Å². The van der Waals surface area contributed by atoms with Crippen molar-refractivity contribution in [1.29, 1.82) is 0 Å². The molecule has 124 valence electrons. The molecule has 1 atom stereocenters. The average Bonchev–Trinajstić information content (AvgIpc) is 2.75. The van der Waals surface area contributed by atoms with Crippen molar-refractivity contribution >= 4 is 27.7 Å². The van der Waals surface area contributed by atoms with Crippen LogP contribution >= 0.6 is 15.9 Å². The average molecular weight is 386 g/mol. The number of rotatable bonds is 2. The van der Waals surface area contributed by atoms with Gasteiger partial charge in [0.1, 0.15) is 5.75 Å². The summed E-state index contributed by atoms with van der Waals surface area (Å²) in [4.78, 5) is 2.18. The van der Waals surface area contributed by atoms with Gasteiger partial charge >= 0.3 is 0 Å². The second kappa shape index (κ2) is 5.36. The van der Waals surface area contributed by atoms with Crippen LogP contribution in [0.1, 0.15) is 25.0 Å². The molecule has 2 aromatic carbocycles. The molecule has 4 rings (SSSR count). The lowest BCUT2D eigenvalue weighted by Crippen LogP contribution is -2.60. The summed E-state index contributed by atoms with van der Waals surface area (Å²) in [6, 6.07) is 14.4. The van der Waals surface area contributed by atoms with Gasteiger partial charge in [0.25, 0.3) is 0 Å². The fourth-order valence-corrected chi connectivity index (χ4v) is 4.34. The van der Waals surface area contributed by atoms with Crippen molar-refractivity contribution in [3.8, 4) is 5.75 Å². The smallest absolute Gasteiger partial charge is 0.212 e. The van der Waals surface area contributed by atoms with E-state index in [0.29, 0.717) is 6.54 Å². The van der Waals surface area contributed by atoms with E-state index < -0.39 is 5.72 Å². The van der Waals surface area contributed by atoms with Crippen molar-refractivity contribution in [2.45, 2.75) is 25.0 Å². The second-order valence-corrected chi connectivity index (χ2v) is 7.75. The molecule has 0 radical (unpaired) electrons. The molecule has 0 amide bonds. The normalized spacial score (nSPS) is 23.1. The van der Waals surface area contributed by atoms with Crippen LogP contribution in [0, 0.1) is 0 Å². The zero-order valence-electron chi connectivity index (χ0n) is 13.8. The predicted octanol–water partition coefficient (Wildman–Crippen LogP) is 4.34. The molecule has 3 nitrogen and oxygen atoms in total. The van der Waals surface area contributed by atoms with Gasteiger partial charge in [-0.05, 0) is 55.8 Å². The van der Waals surface area contributed by atoms with E-state index in [-0.39, 0.29) is 12.0 Å². The number of hydrogen-bond acceptors (Lipinski definition) is 3. The monoisotopic (exact) mass is 385 g/mol. The molecular formula is C20H20BrNO2. The minimum atomic E-state index is -0.639. The molecule has 0 aliphatic carbocycles. The highest BCUT2D eigenvalue weighted by molar-refractivity contribution is 9.10. The largest absolute Gasteiger partial charge is 0.463 e. The lowest BCUT2D eigenvalue weighted by atomic mass is 9.76. The standard InChI is InChI=1S/C20H20BrNO2/c1-19(2)16-5-3-4-6-17(16)22(11-12-23)20(19)10-9-14-13-15(21)7-8-18(14)24-20/h3-10,13,23H,11-12H2,1-2H3. The Kier molecular flexibility index (Phi) is 3.52. The fourth-order valence-electron chi connectivity index (χ4n) is 3.96. The third kappa shape index (κ3) is 1.99. The summed E-state index contributed by atoms with van der Waals surface area (Å²) in [5, 5.41) is 9.64. The van der Waals surface area contributed by atoms with Crippen molar-refractivity contribution in [3.05, 3.63) is 64.1 Å². The van der Waals surface area contributed by atoms with E-state index in [4.69, 9.17) is 4.74 Å². The van der Waals surface area contributed by atoms with Crippen LogP contribution in [0.3, 0.4) is 0 Å². The maximum atomic E-state index is 9.64. The number of ether oxygens (including phenoxy) is 1. The van der Waals surface area contributed by atoms with Crippen LogP contribution in [-0.2, 0) is 5.41 Å². The van der Waals surface area contributed by atoms with E-state index in [2.05, 4.69) is 71.1 Å². The van der Waals surface area contributed by atoms with E-state index in [9.17, 15) is 5.11 Å². The highest BCUT2D eigenvalue weighted by Crippen LogP contribution is 2.54. The predicted molar refractivity (Wildman–Crippen MR) is 100 cm³/mol. The van der Waals surface area contributed by atoms with Crippen LogP contribution in [0.2, 0.25) is 0 Å². The molecule has 1 N–H and O–H groups in total. The van der Waals surface area contributed by atoms with Crippen LogP contribution in [0.25, 0.3) is 6.08 Å². The molecule has 0 saturated heterocycles. The first-order valence-electron chi connectivity index (χ1n) is 8.15. The summed E-state index contributed by atoms with van der Waals surface area (Å²) in [5.41, 5.74) is 2.54. The minimum Gasteiger partial charge on any atom is -0.463 e. The molecule has 1 unspecified atom stereocenters. The van der Waals surface area contributed by atoms with Gasteiger partial charge in [0, 0.05) is 22.3 Å². The Bertz CT molecular complexity index is 830. The highest BCUT2D eigenvalue weighted by atomic mass is 79.9. The Morgan fingerprint density at radius 2 is 1.96 bits per heavy atom. The molecule has 0 aromatic heterocycles. The molecule has 2 heterocycles. The number of fused-ring (bicyclic) bond motifs is 2. The third-order valence-corrected chi connectivity index (χ3v) is 5.71. The van der Waals surface area contributed by atoms with Gasteiger partial charge in [0.05, 0.1) is 12.0 Å². The molecule has 0 fully saturated rings. The van der Waals surface area contributed by atoms with E-state index in [0.717, 1.165) is 21.5 Å². The van der Waals surface area contributed by atoms with Gasteiger partial charge < -0.3 is 14.7 Å². The van der Waals surface area contributed by atoms with Crippen LogP contribution in [0.5, 0.6) is 5.75 Å². The Hall–Kier alpha value is -1.78. The number of benzene rings is 2. The molecule has 4 heteroatoms. The fraction of sp³-hybridized carbons (Fsp3) is 0.300. The summed E-state index contributed by atoms with van der Waals surface area (Å²) >= 11 is 3.51. The number of β-amino-alcohol motifs (C(OH)–C–C–N with tert-alkyl or cyclic N) is 1. The van der Waals surface area contributed by atoms with E-state index in [1.165, 1.54) is 5.56 Å². The molecule has 2 aliphatic rings. The first kappa shape index (κ1) is 15.7. The lowest BCUT2D eigenvalue weighted by Gasteiger charge is -2.47. The lowest BCUT2D eigenvalue weighted by molar-refractivity contribution is 0.0504. The molecule has 0 saturated carbocycles. The number of nitrogens with zero attached hydrogens (tertiary/aromatic N) is 1. The van der Waals surface area contributed by atoms with Crippen LogP contribution in [0.15, 0.2) is 53.0 Å². The number of anilines is 1. The van der Waals surface area contributed by atoms with Crippen LogP contribution in [0.4, 0.5) is 5.69 Å². The Morgan fingerprint density at radius 3 is 2.75 bits per heavy atom. The van der Waals surface area contributed by atoms with Crippen LogP contribution in [-0.4, -0.2) is 24.0 Å². The SMILES string of the molecule is CC1(C)c2ccccc2N(CCO)C12C=Cc1cc(Br)ccc1O2. The van der Waals surface area contributed by atoms with Gasteiger partial charge in [0.15, 0.2) is 0 Å². The molecule has 24 heavy (non-hydrogen) atoms. The van der Waals surface area contributed by atoms with Crippen molar-refractivity contribution < 1.29 is 9.84 Å². The minimum absolute atomic E-state index is 0.0799. The molecular weight excluding hydrogens is 366 g/mol. The number of para-hydroxylation sites is 1. The van der Waals surface area contributed by atoms with Gasteiger partial charge in [-0.1, -0.05) is 34.1 Å². The molecule has 2 aromatic rings. The Balaban J connectivity index is 1.90. The maximum absolute atomic E-state index is 9.64. The molecule has 0 bridgehead atoms. The number of halogens is 1. The van der Waals surface area contributed by atoms with Gasteiger partial charge in [-0.15, -0.1) is 0 Å². The Morgan fingerprint density at radius 1 is 1.17 bits per heavy atom. The first-order chi connectivity index (χ1) is 11.5. The number of hydrogen-bond donors (Lipinski definition) is 1. The van der Waals surface area contributed by atoms with Crippen LogP contribution < -0.4 is 9.64 Å². The molecule has 1 spiro atoms. The number of aliphatic hydroxyl groups excluding tert-OH is 1. The Labute approximate surface area is 150 Å². The van der Waals surface area contributed by atoms with E-state index >= 15 is 0 Å². The van der Waals surface area contributed by atoms with Crippen molar-refractivity contribution in [2.75, 3.05) is 18.1 Å². The summed E-state index contributed by atoms with van der Waals surface area (Å²) in [6.45, 7) is 5.02. The first-order valence-corrected chi connectivity index (χ1v) is 8.95.